The van der Waals surface area contributed by atoms with Gasteiger partial charge in [0.25, 0.3) is 0 Å². The van der Waals surface area contributed by atoms with Crippen molar-refractivity contribution in [3.63, 3.8) is 0 Å². The molecule has 4 rings (SSSR count). The number of hydrogen-bond donors (Lipinski definition) is 0. The molecule has 0 unspecified atom stereocenters. The maximum Gasteiger partial charge on any atom is 0.244 e. The van der Waals surface area contributed by atoms with E-state index in [0.717, 1.165) is 35.1 Å². The van der Waals surface area contributed by atoms with Gasteiger partial charge < -0.3 is 4.90 Å². The van der Waals surface area contributed by atoms with Crippen LogP contribution < -0.4 is 0 Å². The molecule has 1 saturated heterocycles. The number of carbonyl (C=O) groups excluding carboxylic acids is 2. The maximum atomic E-state index is 12.8. The first kappa shape index (κ1) is 19.2. The quantitative estimate of drug-likeness (QED) is 0.639. The Balaban J connectivity index is 1.41. The third-order valence-electron chi connectivity index (χ3n) is 5.79. The van der Waals surface area contributed by atoms with E-state index in [4.69, 9.17) is 0 Å². The average Bonchev–Trinajstić information content (AvgIpc) is 3.00. The lowest BCUT2D eigenvalue weighted by molar-refractivity contribution is -0.133. The van der Waals surface area contributed by atoms with E-state index < -0.39 is 0 Å². The summed E-state index contributed by atoms with van der Waals surface area (Å²) >= 11 is 0. The molecule has 0 aliphatic carbocycles. The van der Waals surface area contributed by atoms with Crippen LogP contribution in [0.5, 0.6) is 0 Å². The fraction of sp³-hybridized carbons (Fsp3) is 0.409. The highest BCUT2D eigenvalue weighted by Crippen LogP contribution is 2.28. The zero-order valence-corrected chi connectivity index (χ0v) is 17.1. The first-order chi connectivity index (χ1) is 13.9. The summed E-state index contributed by atoms with van der Waals surface area (Å²) in [6.07, 6.45) is 5.44. The predicted octanol–water partition coefficient (Wildman–Crippen LogP) is 3.05. The van der Waals surface area contributed by atoms with Crippen molar-refractivity contribution in [1.82, 2.24) is 24.6 Å². The van der Waals surface area contributed by atoms with E-state index in [2.05, 4.69) is 21.1 Å². The van der Waals surface area contributed by atoms with E-state index in [0.29, 0.717) is 30.3 Å². The summed E-state index contributed by atoms with van der Waals surface area (Å²) in [5.41, 5.74) is 4.06. The second kappa shape index (κ2) is 7.73. The molecular weight excluding hydrogens is 366 g/mol. The van der Waals surface area contributed by atoms with Gasteiger partial charge in [-0.15, -0.1) is 0 Å². The Morgan fingerprint density at radius 3 is 2.62 bits per heavy atom. The van der Waals surface area contributed by atoms with Gasteiger partial charge in [0.2, 0.25) is 5.91 Å². The second-order valence-corrected chi connectivity index (χ2v) is 7.72. The minimum atomic E-state index is -0.0168. The standard InChI is InChI=1S/C22H25N5O2/c1-14-22(16(3)28)15(2)27(25-14)13-21(29)26-9-6-17(7-10-26)19-11-20-18(12-24-19)5-4-8-23-20/h4-5,8,11-12,17H,6-7,9-10,13H2,1-3H3. The molecule has 3 aromatic rings. The van der Waals surface area contributed by atoms with E-state index >= 15 is 0 Å². The third-order valence-corrected chi connectivity index (χ3v) is 5.79. The number of pyridine rings is 2. The number of amides is 1. The van der Waals surface area contributed by atoms with Gasteiger partial charge in [0.1, 0.15) is 6.54 Å². The Morgan fingerprint density at radius 1 is 1.17 bits per heavy atom. The summed E-state index contributed by atoms with van der Waals surface area (Å²) in [6.45, 7) is 6.75. The van der Waals surface area contributed by atoms with Gasteiger partial charge in [-0.3, -0.25) is 24.2 Å². The van der Waals surface area contributed by atoms with Crippen molar-refractivity contribution >= 4 is 22.6 Å². The largest absolute Gasteiger partial charge is 0.341 e. The molecule has 29 heavy (non-hydrogen) atoms. The molecule has 0 aromatic carbocycles. The Kier molecular flexibility index (Phi) is 5.13. The van der Waals surface area contributed by atoms with Gasteiger partial charge in [-0.25, -0.2) is 0 Å². The Hall–Kier alpha value is -3.09. The highest BCUT2D eigenvalue weighted by Gasteiger charge is 2.26. The van der Waals surface area contributed by atoms with Gasteiger partial charge in [-0.1, -0.05) is 0 Å². The lowest BCUT2D eigenvalue weighted by Gasteiger charge is -2.32. The van der Waals surface area contributed by atoms with Crippen LogP contribution in [0.2, 0.25) is 0 Å². The summed E-state index contributed by atoms with van der Waals surface area (Å²) in [5.74, 6) is 0.359. The van der Waals surface area contributed by atoms with E-state index in [-0.39, 0.29) is 18.2 Å². The van der Waals surface area contributed by atoms with Crippen molar-refractivity contribution < 1.29 is 9.59 Å². The van der Waals surface area contributed by atoms with Crippen LogP contribution in [0.1, 0.15) is 53.1 Å². The van der Waals surface area contributed by atoms with Crippen LogP contribution in [-0.4, -0.2) is 49.4 Å². The summed E-state index contributed by atoms with van der Waals surface area (Å²) in [7, 11) is 0. The van der Waals surface area contributed by atoms with Crippen LogP contribution in [0.4, 0.5) is 0 Å². The number of aryl methyl sites for hydroxylation is 1. The average molecular weight is 391 g/mol. The summed E-state index contributed by atoms with van der Waals surface area (Å²) < 4.78 is 1.65. The molecule has 0 bridgehead atoms. The zero-order chi connectivity index (χ0) is 20.5. The van der Waals surface area contributed by atoms with Gasteiger partial charge >= 0.3 is 0 Å². The minimum Gasteiger partial charge on any atom is -0.341 e. The lowest BCUT2D eigenvalue weighted by Crippen LogP contribution is -2.40. The number of nitrogens with zero attached hydrogens (tertiary/aromatic N) is 5. The van der Waals surface area contributed by atoms with Crippen LogP contribution in [-0.2, 0) is 11.3 Å². The molecular formula is C22H25N5O2. The smallest absolute Gasteiger partial charge is 0.244 e. The van der Waals surface area contributed by atoms with Crippen molar-refractivity contribution in [1.29, 1.82) is 0 Å². The number of rotatable bonds is 4. The molecule has 1 aliphatic heterocycles. The predicted molar refractivity (Wildman–Crippen MR) is 110 cm³/mol. The number of ketones is 1. The van der Waals surface area contributed by atoms with Crippen LogP contribution in [0.3, 0.4) is 0 Å². The van der Waals surface area contributed by atoms with Crippen molar-refractivity contribution in [3.05, 3.63) is 53.2 Å². The number of carbonyl (C=O) groups is 2. The molecule has 0 spiro atoms. The van der Waals surface area contributed by atoms with Crippen molar-refractivity contribution in [3.8, 4) is 0 Å². The zero-order valence-electron chi connectivity index (χ0n) is 17.1. The lowest BCUT2D eigenvalue weighted by atomic mass is 9.92. The Morgan fingerprint density at radius 2 is 1.93 bits per heavy atom. The van der Waals surface area contributed by atoms with Gasteiger partial charge in [0, 0.05) is 48.2 Å². The maximum absolute atomic E-state index is 12.8. The van der Waals surface area contributed by atoms with Crippen molar-refractivity contribution in [2.75, 3.05) is 13.1 Å². The van der Waals surface area contributed by atoms with Crippen LogP contribution in [0.15, 0.2) is 30.6 Å². The van der Waals surface area contributed by atoms with Crippen LogP contribution in [0, 0.1) is 13.8 Å². The summed E-state index contributed by atoms with van der Waals surface area (Å²) in [6, 6.07) is 5.99. The molecule has 0 atom stereocenters. The normalized spacial score (nSPS) is 15.1. The third kappa shape index (κ3) is 3.77. The van der Waals surface area contributed by atoms with Crippen molar-refractivity contribution in [2.45, 2.75) is 46.1 Å². The summed E-state index contributed by atoms with van der Waals surface area (Å²) in [4.78, 5) is 35.5. The monoisotopic (exact) mass is 391 g/mol. The van der Waals surface area contributed by atoms with Gasteiger partial charge in [-0.2, -0.15) is 5.10 Å². The number of aromatic nitrogens is 4. The Bertz CT molecular complexity index is 1080. The van der Waals surface area contributed by atoms with Gasteiger partial charge in [0.05, 0.1) is 16.8 Å². The molecule has 0 saturated carbocycles. The molecule has 1 amide bonds. The molecule has 150 valence electrons. The molecule has 0 N–H and O–H groups in total. The Labute approximate surface area is 169 Å². The van der Waals surface area contributed by atoms with E-state index in [1.54, 1.807) is 10.9 Å². The number of fused-ring (bicyclic) bond motifs is 1. The number of piperidine rings is 1. The molecule has 3 aromatic heterocycles. The molecule has 1 fully saturated rings. The second-order valence-electron chi connectivity index (χ2n) is 7.72. The minimum absolute atomic E-state index is 0.0168. The number of likely N-dealkylation sites (tertiary alicyclic amines) is 1. The van der Waals surface area contributed by atoms with Gasteiger partial charge in [0.15, 0.2) is 5.78 Å². The van der Waals surface area contributed by atoms with Crippen LogP contribution >= 0.6 is 0 Å². The van der Waals surface area contributed by atoms with Crippen molar-refractivity contribution in [2.24, 2.45) is 0 Å². The molecule has 4 heterocycles. The topological polar surface area (TPSA) is 81.0 Å². The highest BCUT2D eigenvalue weighted by atomic mass is 16.2. The number of hydrogen-bond acceptors (Lipinski definition) is 5. The molecule has 1 aliphatic rings. The van der Waals surface area contributed by atoms with Gasteiger partial charge in [-0.05, 0) is 51.8 Å². The molecule has 0 radical (unpaired) electrons. The summed E-state index contributed by atoms with van der Waals surface area (Å²) in [5, 5.41) is 5.43. The fourth-order valence-corrected chi connectivity index (χ4v) is 4.22. The number of Topliss-reactive ketones (excluding diaryl/α,β-unsaturated/α-hetero) is 1. The fourth-order valence-electron chi connectivity index (χ4n) is 4.22. The SMILES string of the molecule is CC(=O)c1c(C)nn(CC(=O)N2CCC(c3cc4ncccc4cn3)CC2)c1C. The van der Waals surface area contributed by atoms with E-state index in [1.165, 1.54) is 6.92 Å². The first-order valence-corrected chi connectivity index (χ1v) is 9.97. The highest BCUT2D eigenvalue weighted by molar-refractivity contribution is 5.96. The van der Waals surface area contributed by atoms with E-state index in [1.807, 2.05) is 37.1 Å². The molecule has 7 heteroatoms. The molecule has 7 nitrogen and oxygen atoms in total. The van der Waals surface area contributed by atoms with E-state index in [9.17, 15) is 9.59 Å². The van der Waals surface area contributed by atoms with Crippen LogP contribution in [0.25, 0.3) is 10.9 Å². The first-order valence-electron chi connectivity index (χ1n) is 9.97.